The van der Waals surface area contributed by atoms with Crippen LogP contribution >= 0.6 is 0 Å². The lowest BCUT2D eigenvalue weighted by molar-refractivity contribution is -0.144. The van der Waals surface area contributed by atoms with Gasteiger partial charge in [-0.3, -0.25) is 15.0 Å². The molecular weight excluding hydrogens is 456 g/mol. The SMILES string of the molecule is N=C(NOC(N)=O)c1ccc(N2CC[C@H](NC(=O)NCCC(=O)OCc3ccccc3)C2=O)cc1. The summed E-state index contributed by atoms with van der Waals surface area (Å²) >= 11 is 0. The van der Waals surface area contributed by atoms with E-state index in [0.29, 0.717) is 24.2 Å². The van der Waals surface area contributed by atoms with Crippen molar-refractivity contribution in [1.82, 2.24) is 16.1 Å². The van der Waals surface area contributed by atoms with Crippen LogP contribution < -0.4 is 26.7 Å². The Morgan fingerprint density at radius 1 is 1.09 bits per heavy atom. The number of rotatable bonds is 8. The number of ether oxygens (including phenoxy) is 1. The summed E-state index contributed by atoms with van der Waals surface area (Å²) in [5.41, 5.74) is 8.83. The standard InChI is InChI=1S/C23H26N6O6/c24-20(28-35-22(25)32)16-6-8-17(9-7-16)29-13-11-18(21(29)31)27-23(33)26-12-10-19(30)34-14-15-4-2-1-3-5-15/h1-9,18H,10-14H2,(H2,24,28)(H2,25,32)(H2,26,27,33)/t18-/m0/s1. The van der Waals surface area contributed by atoms with E-state index in [2.05, 4.69) is 21.0 Å². The number of urea groups is 1. The maximum Gasteiger partial charge on any atom is 0.428 e. The minimum Gasteiger partial charge on any atom is -0.461 e. The third-order valence-electron chi connectivity index (χ3n) is 5.09. The molecule has 0 unspecified atom stereocenters. The molecule has 0 bridgehead atoms. The molecule has 0 saturated carbocycles. The first-order valence-corrected chi connectivity index (χ1v) is 10.8. The lowest BCUT2D eigenvalue weighted by Gasteiger charge is -2.18. The Morgan fingerprint density at radius 3 is 2.49 bits per heavy atom. The largest absolute Gasteiger partial charge is 0.461 e. The molecule has 12 heteroatoms. The smallest absolute Gasteiger partial charge is 0.428 e. The van der Waals surface area contributed by atoms with Crippen LogP contribution in [0.1, 0.15) is 24.0 Å². The van der Waals surface area contributed by atoms with Crippen molar-refractivity contribution in [2.24, 2.45) is 5.73 Å². The van der Waals surface area contributed by atoms with Crippen LogP contribution in [0.2, 0.25) is 0 Å². The van der Waals surface area contributed by atoms with E-state index in [9.17, 15) is 19.2 Å². The van der Waals surface area contributed by atoms with Gasteiger partial charge >= 0.3 is 18.1 Å². The quantitative estimate of drug-likeness (QED) is 0.162. The van der Waals surface area contributed by atoms with E-state index in [0.717, 1.165) is 5.56 Å². The number of hydroxylamine groups is 1. The van der Waals surface area contributed by atoms with Gasteiger partial charge in [-0.25, -0.2) is 9.59 Å². The maximum absolute atomic E-state index is 12.7. The number of carbonyl (C=O) groups excluding carboxylic acids is 4. The highest BCUT2D eigenvalue weighted by molar-refractivity contribution is 6.02. The van der Waals surface area contributed by atoms with Crippen LogP contribution in [0.15, 0.2) is 54.6 Å². The summed E-state index contributed by atoms with van der Waals surface area (Å²) in [6, 6.07) is 14.4. The van der Waals surface area contributed by atoms with E-state index < -0.39 is 24.1 Å². The second kappa shape index (κ2) is 12.0. The number of amidine groups is 1. The summed E-state index contributed by atoms with van der Waals surface area (Å²) in [6.07, 6.45) is -0.651. The van der Waals surface area contributed by atoms with Gasteiger partial charge in [-0.15, -0.1) is 0 Å². The summed E-state index contributed by atoms with van der Waals surface area (Å²) in [5.74, 6) is -0.895. The average Bonchev–Trinajstić information content (AvgIpc) is 3.21. The molecule has 4 amide bonds. The normalized spacial score (nSPS) is 14.7. The van der Waals surface area contributed by atoms with Crippen molar-refractivity contribution in [2.75, 3.05) is 18.0 Å². The number of nitrogens with two attached hydrogens (primary N) is 1. The van der Waals surface area contributed by atoms with Crippen LogP contribution in [0.25, 0.3) is 0 Å². The fourth-order valence-corrected chi connectivity index (χ4v) is 3.34. The molecule has 12 nitrogen and oxygen atoms in total. The maximum atomic E-state index is 12.7. The monoisotopic (exact) mass is 482 g/mol. The predicted octanol–water partition coefficient (Wildman–Crippen LogP) is 1.15. The molecule has 2 aromatic rings. The molecule has 0 aliphatic carbocycles. The highest BCUT2D eigenvalue weighted by Crippen LogP contribution is 2.22. The van der Waals surface area contributed by atoms with Crippen LogP contribution in [0, 0.1) is 5.41 Å². The van der Waals surface area contributed by atoms with Gasteiger partial charge in [0.2, 0.25) is 5.91 Å². The predicted molar refractivity (Wildman–Crippen MR) is 125 cm³/mol. The molecule has 1 heterocycles. The van der Waals surface area contributed by atoms with Gasteiger partial charge in [0.1, 0.15) is 12.6 Å². The first kappa shape index (κ1) is 25.0. The van der Waals surface area contributed by atoms with Gasteiger partial charge in [0.05, 0.1) is 6.42 Å². The minimum atomic E-state index is -1.07. The number of amides is 4. The molecule has 184 valence electrons. The lowest BCUT2D eigenvalue weighted by Crippen LogP contribution is -2.46. The molecule has 35 heavy (non-hydrogen) atoms. The third kappa shape index (κ3) is 7.45. The van der Waals surface area contributed by atoms with Crippen LogP contribution in [0.5, 0.6) is 0 Å². The number of hydrogen-bond acceptors (Lipinski definition) is 7. The molecule has 0 aromatic heterocycles. The molecule has 1 saturated heterocycles. The number of anilines is 1. The average molecular weight is 482 g/mol. The third-order valence-corrected chi connectivity index (χ3v) is 5.09. The van der Waals surface area contributed by atoms with Crippen LogP contribution in [0.4, 0.5) is 15.3 Å². The number of carbonyl (C=O) groups is 4. The number of benzene rings is 2. The highest BCUT2D eigenvalue weighted by Gasteiger charge is 2.33. The second-order valence-electron chi connectivity index (χ2n) is 7.57. The number of nitrogens with zero attached hydrogens (tertiary/aromatic N) is 1. The summed E-state index contributed by atoms with van der Waals surface area (Å²) in [5, 5.41) is 13.0. The Morgan fingerprint density at radius 2 is 1.80 bits per heavy atom. The topological polar surface area (TPSA) is 176 Å². The molecular formula is C23H26N6O6. The summed E-state index contributed by atoms with van der Waals surface area (Å²) in [7, 11) is 0. The fraction of sp³-hybridized carbons (Fsp3) is 0.261. The first-order chi connectivity index (χ1) is 16.8. The summed E-state index contributed by atoms with van der Waals surface area (Å²) in [4.78, 5) is 53.2. The lowest BCUT2D eigenvalue weighted by atomic mass is 10.2. The Hall–Kier alpha value is -4.61. The van der Waals surface area contributed by atoms with Gasteiger partial charge in [-0.05, 0) is 36.2 Å². The van der Waals surface area contributed by atoms with Gasteiger partial charge in [-0.1, -0.05) is 30.3 Å². The zero-order valence-electron chi connectivity index (χ0n) is 18.8. The number of primary amides is 1. The summed E-state index contributed by atoms with van der Waals surface area (Å²) in [6.45, 7) is 0.637. The highest BCUT2D eigenvalue weighted by atomic mass is 16.7. The van der Waals surface area contributed by atoms with Crippen molar-refractivity contribution >= 4 is 35.5 Å². The molecule has 1 aliphatic heterocycles. The van der Waals surface area contributed by atoms with E-state index in [-0.39, 0.29) is 31.3 Å². The Balaban J connectivity index is 1.39. The molecule has 0 spiro atoms. The van der Waals surface area contributed by atoms with Crippen molar-refractivity contribution < 1.29 is 28.8 Å². The molecule has 1 fully saturated rings. The van der Waals surface area contributed by atoms with Gasteiger partial charge < -0.3 is 30.8 Å². The molecule has 3 rings (SSSR count). The first-order valence-electron chi connectivity index (χ1n) is 10.8. The van der Waals surface area contributed by atoms with Gasteiger partial charge in [0, 0.05) is 24.3 Å². The zero-order valence-corrected chi connectivity index (χ0v) is 18.8. The molecule has 0 radical (unpaired) electrons. The van der Waals surface area contributed by atoms with E-state index in [1.54, 1.807) is 24.3 Å². The molecule has 1 atom stereocenters. The van der Waals surface area contributed by atoms with E-state index in [1.807, 2.05) is 30.3 Å². The number of hydrogen-bond donors (Lipinski definition) is 5. The molecule has 2 aromatic carbocycles. The van der Waals surface area contributed by atoms with E-state index >= 15 is 0 Å². The van der Waals surface area contributed by atoms with Crippen LogP contribution in [-0.4, -0.2) is 49.0 Å². The zero-order chi connectivity index (χ0) is 25.2. The molecule has 1 aliphatic rings. The van der Waals surface area contributed by atoms with Crippen molar-refractivity contribution in [3.05, 3.63) is 65.7 Å². The van der Waals surface area contributed by atoms with Gasteiger partial charge in [0.15, 0.2) is 5.84 Å². The van der Waals surface area contributed by atoms with Gasteiger partial charge in [0.25, 0.3) is 0 Å². The fourth-order valence-electron chi connectivity index (χ4n) is 3.34. The Bertz CT molecular complexity index is 1080. The van der Waals surface area contributed by atoms with Crippen LogP contribution in [0.3, 0.4) is 0 Å². The van der Waals surface area contributed by atoms with E-state index in [1.165, 1.54) is 4.90 Å². The Kier molecular flexibility index (Phi) is 8.59. The van der Waals surface area contributed by atoms with Crippen molar-refractivity contribution in [3.8, 4) is 0 Å². The van der Waals surface area contributed by atoms with Crippen LogP contribution in [-0.2, 0) is 25.8 Å². The van der Waals surface area contributed by atoms with Crippen molar-refractivity contribution in [1.29, 1.82) is 5.41 Å². The number of nitrogens with one attached hydrogen (secondary N) is 4. The van der Waals surface area contributed by atoms with Crippen molar-refractivity contribution in [2.45, 2.75) is 25.5 Å². The van der Waals surface area contributed by atoms with E-state index in [4.69, 9.17) is 15.9 Å². The summed E-state index contributed by atoms with van der Waals surface area (Å²) < 4.78 is 5.15. The minimum absolute atomic E-state index is 0.00564. The second-order valence-corrected chi connectivity index (χ2v) is 7.57. The molecule has 6 N–H and O–H groups in total. The van der Waals surface area contributed by atoms with Gasteiger partial charge in [-0.2, -0.15) is 5.48 Å². The Labute approximate surface area is 201 Å². The van der Waals surface area contributed by atoms with Crippen molar-refractivity contribution in [3.63, 3.8) is 0 Å². The number of esters is 1.